The van der Waals surface area contributed by atoms with Gasteiger partial charge in [0.25, 0.3) is 5.78 Å². The first-order valence-corrected chi connectivity index (χ1v) is 12.4. The summed E-state index contributed by atoms with van der Waals surface area (Å²) in [4.78, 5) is 17.3. The molecule has 13 nitrogen and oxygen atoms in total. The Kier molecular flexibility index (Phi) is 6.66. The standard InChI is InChI=1S/C24H28FN9O4/c25-16-12-15(38-20-14-36-13-18(20)35)3-4-17(16)33-9-7-32(8-10-33)6-5-27-23-29-22(26)34-24(30-23)28-21(31-34)19-2-1-11-37-19/h1-4,11-12,18,20,35H,5-10,13-14H2,(H3,26,27,28,29,30,31)/t18-,20-/m0/s1. The molecule has 0 unspecified atom stereocenters. The lowest BCUT2D eigenvalue weighted by Gasteiger charge is -2.36. The maximum absolute atomic E-state index is 14.8. The van der Waals surface area contributed by atoms with E-state index in [0.29, 0.717) is 61.0 Å². The molecule has 0 radical (unpaired) electrons. The largest absolute Gasteiger partial charge is 0.485 e. The SMILES string of the molecule is Nc1nc(NCCN2CCN(c3ccc(O[C@H]4COC[C@@H]4O)cc3F)CC2)nc2nc(-c3ccco3)nn12. The van der Waals surface area contributed by atoms with Gasteiger partial charge < -0.3 is 34.9 Å². The van der Waals surface area contributed by atoms with E-state index in [4.69, 9.17) is 19.6 Å². The van der Waals surface area contributed by atoms with E-state index in [9.17, 15) is 9.50 Å². The third-order valence-electron chi connectivity index (χ3n) is 6.61. The van der Waals surface area contributed by atoms with E-state index in [-0.39, 0.29) is 18.4 Å². The van der Waals surface area contributed by atoms with Crippen molar-refractivity contribution in [2.24, 2.45) is 0 Å². The maximum atomic E-state index is 14.8. The molecule has 4 aromatic rings. The van der Waals surface area contributed by atoms with Gasteiger partial charge in [-0.25, -0.2) is 4.39 Å². The Balaban J connectivity index is 0.998. The highest BCUT2D eigenvalue weighted by atomic mass is 19.1. The number of aliphatic hydroxyl groups is 1. The number of nitrogens with one attached hydrogen (secondary N) is 1. The van der Waals surface area contributed by atoms with Crippen LogP contribution in [0.5, 0.6) is 5.75 Å². The zero-order valence-corrected chi connectivity index (χ0v) is 20.5. The van der Waals surface area contributed by atoms with Crippen molar-refractivity contribution in [2.75, 3.05) is 68.4 Å². The molecule has 6 rings (SSSR count). The molecule has 0 bridgehead atoms. The van der Waals surface area contributed by atoms with E-state index in [1.54, 1.807) is 30.5 Å². The molecular weight excluding hydrogens is 497 g/mol. The summed E-state index contributed by atoms with van der Waals surface area (Å²) in [5.74, 6) is 1.80. The number of hydrogen-bond donors (Lipinski definition) is 3. The van der Waals surface area contributed by atoms with E-state index in [2.05, 4.69) is 30.3 Å². The molecule has 38 heavy (non-hydrogen) atoms. The number of nitrogens with zero attached hydrogens (tertiary/aromatic N) is 7. The summed E-state index contributed by atoms with van der Waals surface area (Å²) in [6.07, 6.45) is 0.372. The molecule has 3 aromatic heterocycles. The molecule has 4 N–H and O–H groups in total. The Morgan fingerprint density at radius 1 is 1.13 bits per heavy atom. The van der Waals surface area contributed by atoms with Gasteiger partial charge in [0.15, 0.2) is 5.76 Å². The van der Waals surface area contributed by atoms with Crippen molar-refractivity contribution < 1.29 is 23.4 Å². The summed E-state index contributed by atoms with van der Waals surface area (Å²) in [5.41, 5.74) is 6.58. The second kappa shape index (κ2) is 10.4. The number of piperazine rings is 1. The zero-order chi connectivity index (χ0) is 26.1. The number of hydrogen-bond acceptors (Lipinski definition) is 12. The van der Waals surface area contributed by atoms with Gasteiger partial charge in [-0.05, 0) is 24.3 Å². The van der Waals surface area contributed by atoms with E-state index < -0.39 is 12.2 Å². The molecule has 0 saturated carbocycles. The number of aromatic nitrogens is 5. The summed E-state index contributed by atoms with van der Waals surface area (Å²) in [6, 6.07) is 8.34. The van der Waals surface area contributed by atoms with Gasteiger partial charge >= 0.3 is 0 Å². The first kappa shape index (κ1) is 24.3. The predicted octanol–water partition coefficient (Wildman–Crippen LogP) is 0.873. The highest BCUT2D eigenvalue weighted by molar-refractivity contribution is 5.53. The molecule has 0 aliphatic carbocycles. The van der Waals surface area contributed by atoms with Crippen molar-refractivity contribution in [2.45, 2.75) is 12.2 Å². The lowest BCUT2D eigenvalue weighted by atomic mass is 10.2. The van der Waals surface area contributed by atoms with Crippen LogP contribution in [0.3, 0.4) is 0 Å². The van der Waals surface area contributed by atoms with E-state index in [1.165, 1.54) is 10.6 Å². The Morgan fingerprint density at radius 2 is 2.00 bits per heavy atom. The van der Waals surface area contributed by atoms with E-state index in [0.717, 1.165) is 19.6 Å². The molecule has 2 aliphatic rings. The average molecular weight is 526 g/mol. The molecule has 2 fully saturated rings. The van der Waals surface area contributed by atoms with Gasteiger partial charge in [-0.3, -0.25) is 4.90 Å². The molecular formula is C24H28FN9O4. The molecule has 2 aliphatic heterocycles. The van der Waals surface area contributed by atoms with Crippen LogP contribution in [0.2, 0.25) is 0 Å². The predicted molar refractivity (Wildman–Crippen MR) is 135 cm³/mol. The first-order valence-electron chi connectivity index (χ1n) is 12.4. The number of nitrogens with two attached hydrogens (primary N) is 1. The van der Waals surface area contributed by atoms with Gasteiger partial charge in [0.2, 0.25) is 17.7 Å². The number of nitrogen functional groups attached to an aromatic ring is 1. The quantitative estimate of drug-likeness (QED) is 0.299. The van der Waals surface area contributed by atoms with Crippen molar-refractivity contribution >= 4 is 23.4 Å². The summed E-state index contributed by atoms with van der Waals surface area (Å²) in [5, 5.41) is 17.3. The van der Waals surface area contributed by atoms with E-state index >= 15 is 0 Å². The van der Waals surface area contributed by atoms with Crippen LogP contribution in [0.1, 0.15) is 0 Å². The van der Waals surface area contributed by atoms with Gasteiger partial charge in [-0.15, -0.1) is 5.10 Å². The number of aliphatic hydroxyl groups excluding tert-OH is 1. The topological polar surface area (TPSA) is 152 Å². The van der Waals surface area contributed by atoms with Crippen LogP contribution in [-0.2, 0) is 4.74 Å². The molecule has 2 saturated heterocycles. The van der Waals surface area contributed by atoms with Crippen LogP contribution >= 0.6 is 0 Å². The minimum absolute atomic E-state index is 0.169. The highest BCUT2D eigenvalue weighted by Crippen LogP contribution is 2.27. The number of furan rings is 1. The summed E-state index contributed by atoms with van der Waals surface area (Å²) < 4.78 is 32.4. The molecule has 0 spiro atoms. The third-order valence-corrected chi connectivity index (χ3v) is 6.61. The van der Waals surface area contributed by atoms with Crippen molar-refractivity contribution in [3.05, 3.63) is 42.4 Å². The lowest BCUT2D eigenvalue weighted by Crippen LogP contribution is -2.48. The fraction of sp³-hybridized carbons (Fsp3) is 0.417. The summed E-state index contributed by atoms with van der Waals surface area (Å²) in [6.45, 7) is 4.83. The number of halogens is 1. The van der Waals surface area contributed by atoms with Crippen LogP contribution in [0, 0.1) is 5.82 Å². The van der Waals surface area contributed by atoms with Crippen LogP contribution < -0.4 is 20.7 Å². The minimum Gasteiger partial charge on any atom is -0.485 e. The highest BCUT2D eigenvalue weighted by Gasteiger charge is 2.28. The van der Waals surface area contributed by atoms with Gasteiger partial charge in [-0.1, -0.05) is 0 Å². The van der Waals surface area contributed by atoms with Crippen LogP contribution in [0.4, 0.5) is 22.0 Å². The molecule has 0 amide bonds. The van der Waals surface area contributed by atoms with Gasteiger partial charge in [-0.2, -0.15) is 19.5 Å². The van der Waals surface area contributed by atoms with E-state index in [1.807, 2.05) is 4.90 Å². The molecule has 14 heteroatoms. The second-order valence-electron chi connectivity index (χ2n) is 9.16. The lowest BCUT2D eigenvalue weighted by molar-refractivity contribution is 0.0731. The Morgan fingerprint density at radius 3 is 2.74 bits per heavy atom. The normalized spacial score (nSPS) is 20.3. The number of benzene rings is 1. The molecule has 200 valence electrons. The van der Waals surface area contributed by atoms with Crippen molar-refractivity contribution in [1.29, 1.82) is 0 Å². The fourth-order valence-corrected chi connectivity index (χ4v) is 4.56. The fourth-order valence-electron chi connectivity index (χ4n) is 4.56. The summed E-state index contributed by atoms with van der Waals surface area (Å²) >= 11 is 0. The molecule has 2 atom stereocenters. The first-order chi connectivity index (χ1) is 18.5. The average Bonchev–Trinajstić information content (AvgIpc) is 3.67. The van der Waals surface area contributed by atoms with Crippen LogP contribution in [-0.4, -0.2) is 99.3 Å². The number of fused-ring (bicyclic) bond motifs is 1. The Bertz CT molecular complexity index is 1390. The number of ether oxygens (including phenoxy) is 2. The zero-order valence-electron chi connectivity index (χ0n) is 20.5. The number of rotatable bonds is 8. The van der Waals surface area contributed by atoms with Crippen molar-refractivity contribution in [1.82, 2.24) is 29.5 Å². The van der Waals surface area contributed by atoms with Gasteiger partial charge in [0.05, 0.1) is 25.2 Å². The van der Waals surface area contributed by atoms with Crippen LogP contribution in [0.25, 0.3) is 17.4 Å². The third kappa shape index (κ3) is 5.05. The van der Waals surface area contributed by atoms with Crippen molar-refractivity contribution in [3.8, 4) is 17.3 Å². The smallest absolute Gasteiger partial charge is 0.259 e. The molecule has 5 heterocycles. The van der Waals surface area contributed by atoms with Crippen molar-refractivity contribution in [3.63, 3.8) is 0 Å². The second-order valence-corrected chi connectivity index (χ2v) is 9.16. The number of anilines is 3. The minimum atomic E-state index is -0.699. The monoisotopic (exact) mass is 525 g/mol. The Hall–Kier alpha value is -4.01. The molecule has 1 aromatic carbocycles. The maximum Gasteiger partial charge on any atom is 0.259 e. The summed E-state index contributed by atoms with van der Waals surface area (Å²) in [7, 11) is 0. The van der Waals surface area contributed by atoms with Gasteiger partial charge in [0.1, 0.15) is 23.8 Å². The van der Waals surface area contributed by atoms with Crippen LogP contribution in [0.15, 0.2) is 41.0 Å². The van der Waals surface area contributed by atoms with Gasteiger partial charge in [0, 0.05) is 45.3 Å². The Labute approximate surface area is 217 Å².